The van der Waals surface area contributed by atoms with Gasteiger partial charge in [0.05, 0.1) is 0 Å². The van der Waals surface area contributed by atoms with Gasteiger partial charge in [0, 0.05) is 44.5 Å². The van der Waals surface area contributed by atoms with Crippen molar-refractivity contribution in [2.45, 2.75) is 63.4 Å². The van der Waals surface area contributed by atoms with Gasteiger partial charge in [0.15, 0.2) is 0 Å². The molecule has 0 N–H and O–H groups in total. The molecule has 2 atom stereocenters. The molecule has 12 aromatic carbocycles. The minimum atomic E-state index is -7.07. The Morgan fingerprint density at radius 3 is 0.800 bits per heavy atom. The monoisotopic (exact) mass is 1350 g/mol. The SMILES string of the molecule is CC(C)(C)c1ccc(-c2cc3ccccc3c3c2OP(=NS(=O)(=O)C(F)(F)F)([N-]P2(=NS(=O)(=O)C(F)(F)F)Oc4c(-c5ccccc5)cc5ccccc5c4-c4c(c(-c5ccc(C(C)(C)C)cc5)cc5ccccc45)O2)Oc2c(-c4ccccc4)cc4ccccc4c2-3)cc1. The summed E-state index contributed by atoms with van der Waals surface area (Å²) in [5.41, 5.74) is -9.50. The summed E-state index contributed by atoms with van der Waals surface area (Å²) in [6.45, 7) is 12.0. The normalized spacial score (nSPS) is 16.6. The van der Waals surface area contributed by atoms with E-state index >= 15 is 26.3 Å². The fourth-order valence-corrected chi connectivity index (χ4v) is 20.1. The van der Waals surface area contributed by atoms with E-state index in [0.29, 0.717) is 65.3 Å². The van der Waals surface area contributed by atoms with Crippen LogP contribution in [0, 0.1) is 0 Å². The number of fused-ring (bicyclic) bond motifs is 14. The van der Waals surface area contributed by atoms with Gasteiger partial charge in [0.1, 0.15) is 23.0 Å². The van der Waals surface area contributed by atoms with Gasteiger partial charge in [-0.25, -0.2) is 0 Å². The van der Waals surface area contributed by atoms with Crippen molar-refractivity contribution in [2.75, 3.05) is 0 Å². The van der Waals surface area contributed by atoms with Crippen LogP contribution in [-0.4, -0.2) is 27.9 Å². The lowest BCUT2D eigenvalue weighted by molar-refractivity contribution is -0.0440. The molecule has 0 bridgehead atoms. The molecule has 2 heterocycles. The van der Waals surface area contributed by atoms with Crippen molar-refractivity contribution >= 4 is 78.5 Å². The average Bonchev–Trinajstić information content (AvgIpc) is 1.59. The van der Waals surface area contributed by atoms with E-state index in [-0.39, 0.29) is 44.5 Å². The van der Waals surface area contributed by atoms with Crippen LogP contribution in [0.1, 0.15) is 52.7 Å². The first-order chi connectivity index (χ1) is 45.0. The Balaban J connectivity index is 1.20. The van der Waals surface area contributed by atoms with Crippen molar-refractivity contribution in [2.24, 2.45) is 8.30 Å². The molecule has 0 aromatic heterocycles. The summed E-state index contributed by atoms with van der Waals surface area (Å²) in [6.07, 6.45) is 0. The van der Waals surface area contributed by atoms with E-state index < -0.39 is 80.2 Å². The molecule has 95 heavy (non-hydrogen) atoms. The highest BCUT2D eigenvalue weighted by molar-refractivity contribution is 7.98. The Bertz CT molecular complexity index is 5170. The molecule has 0 radical (unpaired) electrons. The lowest BCUT2D eigenvalue weighted by Crippen LogP contribution is -2.22. The number of nitrogens with zero attached hydrogens (tertiary/aromatic N) is 3. The summed E-state index contributed by atoms with van der Waals surface area (Å²) < 4.78 is 191. The van der Waals surface area contributed by atoms with Crippen molar-refractivity contribution in [3.05, 3.63) is 247 Å². The van der Waals surface area contributed by atoms with E-state index in [2.05, 4.69) is 8.30 Å². The highest BCUT2D eigenvalue weighted by Gasteiger charge is 2.52. The molecule has 21 heteroatoms. The third kappa shape index (κ3) is 11.3. The van der Waals surface area contributed by atoms with Gasteiger partial charge >= 0.3 is 31.1 Å². The van der Waals surface area contributed by atoms with Gasteiger partial charge in [-0.3, -0.25) is 0 Å². The lowest BCUT2D eigenvalue weighted by Gasteiger charge is -2.42. The molecule has 14 rings (SSSR count). The summed E-state index contributed by atoms with van der Waals surface area (Å²) in [5, 5.41) is 3.69. The zero-order chi connectivity index (χ0) is 66.8. The van der Waals surface area contributed by atoms with Crippen LogP contribution < -0.4 is 18.1 Å². The van der Waals surface area contributed by atoms with E-state index in [1.165, 1.54) is 0 Å². The maximum Gasteiger partial charge on any atom is 0.518 e. The summed E-state index contributed by atoms with van der Waals surface area (Å²) >= 11 is 0. The Morgan fingerprint density at radius 2 is 0.558 bits per heavy atom. The number of hydrogen-bond donors (Lipinski definition) is 0. The number of benzene rings is 12. The Morgan fingerprint density at radius 1 is 0.326 bits per heavy atom. The highest BCUT2D eigenvalue weighted by atomic mass is 32.2. The van der Waals surface area contributed by atoms with Crippen LogP contribution in [0.15, 0.2) is 239 Å². The molecule has 0 saturated heterocycles. The molecule has 480 valence electrons. The topological polar surface area (TPSA) is 144 Å². The third-order valence-electron chi connectivity index (χ3n) is 16.9. The van der Waals surface area contributed by atoms with Gasteiger partial charge < -0.3 is 23.0 Å². The summed E-state index contributed by atoms with van der Waals surface area (Å²) in [6, 6.07) is 65.5. The first kappa shape index (κ1) is 63.2. The molecule has 12 aromatic rings. The van der Waals surface area contributed by atoms with Crippen molar-refractivity contribution < 1.29 is 61.3 Å². The number of rotatable bonds is 8. The van der Waals surface area contributed by atoms with Crippen LogP contribution in [0.3, 0.4) is 0 Å². The Kier molecular flexibility index (Phi) is 15.1. The molecule has 2 unspecified atom stereocenters. The van der Waals surface area contributed by atoms with Gasteiger partial charge in [-0.15, -0.1) is 8.30 Å². The second kappa shape index (κ2) is 22.7. The molecular weight excluding hydrogens is 1300 g/mol. The fourth-order valence-electron chi connectivity index (χ4n) is 12.3. The van der Waals surface area contributed by atoms with Gasteiger partial charge in [0.25, 0.3) is 0 Å². The van der Waals surface area contributed by atoms with Crippen molar-refractivity contribution in [3.63, 3.8) is 0 Å². The Labute approximate surface area is 544 Å². The maximum absolute atomic E-state index is 16.0. The first-order valence-electron chi connectivity index (χ1n) is 30.0. The fraction of sp³-hybridized carbons (Fsp3) is 0.135. The zero-order valence-electron chi connectivity index (χ0n) is 51.5. The molecule has 0 aliphatic carbocycles. The van der Waals surface area contributed by atoms with E-state index in [1.807, 2.05) is 65.8 Å². The summed E-state index contributed by atoms with van der Waals surface area (Å²) in [7, 11) is -26.9. The average molecular weight is 1360 g/mol. The molecular formula is C74H56F6N3O8P2S2-. The van der Waals surface area contributed by atoms with Crippen LogP contribution in [0.2, 0.25) is 0 Å². The lowest BCUT2D eigenvalue weighted by atomic mass is 9.84. The molecule has 2 aliphatic rings. The van der Waals surface area contributed by atoms with E-state index in [1.54, 1.807) is 206 Å². The van der Waals surface area contributed by atoms with Crippen LogP contribution in [-0.2, 0) is 30.9 Å². The summed E-state index contributed by atoms with van der Waals surface area (Å²) in [4.78, 5) is 4.76. The standard InChI is InChI=1S/C74H56F6N3O8P2S2/c1-71(2,3)53-37-33-47(34-38-53)61-43-51-27-15-19-31-57(51)65-63-55-29-17-13-25-49(55)41-59(45-21-9-7-10-22-45)67(63)88-92(90-69(61)65,82-94(84,85)73(75,76)77)81-93(83-95(86,87)74(78,79)80)89-68-60(46-23-11-8-12-24-46)42-50-26-14-18-30-56(50)64(68)66-58-32-20-16-28-52(58)44-62(70(66)91-93)48-35-39-54(40-36-48)72(4,5)6/h7-44H,1-6H3/q-1. The Hall–Kier alpha value is -9.22. The third-order valence-corrected chi connectivity index (χ3v) is 24.9. The highest BCUT2D eigenvalue weighted by Crippen LogP contribution is 2.79. The first-order valence-corrected chi connectivity index (χ1v) is 35.9. The number of hydrogen-bond acceptors (Lipinski definition) is 8. The molecule has 0 saturated carbocycles. The van der Waals surface area contributed by atoms with Gasteiger partial charge in [-0.05, 0) is 112 Å². The summed E-state index contributed by atoms with van der Waals surface area (Å²) in [5.74, 6) is -1.64. The van der Waals surface area contributed by atoms with E-state index in [9.17, 15) is 16.8 Å². The van der Waals surface area contributed by atoms with E-state index in [0.717, 1.165) is 11.1 Å². The van der Waals surface area contributed by atoms with Crippen LogP contribution in [0.25, 0.3) is 115 Å². The number of sulfonamides is 2. The molecule has 0 fully saturated rings. The predicted octanol–water partition coefficient (Wildman–Crippen LogP) is 23.1. The van der Waals surface area contributed by atoms with E-state index in [4.69, 9.17) is 23.0 Å². The minimum absolute atomic E-state index is 0.0925. The van der Waals surface area contributed by atoms with Crippen molar-refractivity contribution in [3.8, 4) is 89.8 Å². The van der Waals surface area contributed by atoms with Crippen molar-refractivity contribution in [1.82, 2.24) is 0 Å². The second-order valence-electron chi connectivity index (χ2n) is 25.2. The van der Waals surface area contributed by atoms with Gasteiger partial charge in [-0.2, -0.15) is 43.2 Å². The number of halogens is 6. The molecule has 0 spiro atoms. The van der Waals surface area contributed by atoms with Crippen LogP contribution >= 0.6 is 15.3 Å². The van der Waals surface area contributed by atoms with Crippen molar-refractivity contribution in [1.29, 1.82) is 0 Å². The van der Waals surface area contributed by atoms with Crippen LogP contribution in [0.5, 0.6) is 23.0 Å². The number of alkyl halides is 6. The molecule has 11 nitrogen and oxygen atoms in total. The molecule has 0 amide bonds. The zero-order valence-corrected chi connectivity index (χ0v) is 54.9. The minimum Gasteiger partial charge on any atom is -0.442 e. The smallest absolute Gasteiger partial charge is 0.442 e. The van der Waals surface area contributed by atoms with Crippen LogP contribution in [0.4, 0.5) is 26.3 Å². The molecule has 2 aliphatic heterocycles. The predicted molar refractivity (Wildman–Crippen MR) is 367 cm³/mol. The largest absolute Gasteiger partial charge is 0.518 e. The second-order valence-corrected chi connectivity index (χ2v) is 32.8. The van der Waals surface area contributed by atoms with Gasteiger partial charge in [-0.1, -0.05) is 248 Å². The maximum atomic E-state index is 16.0. The quantitative estimate of drug-likeness (QED) is 0.108. The van der Waals surface area contributed by atoms with Gasteiger partial charge in [0.2, 0.25) is 15.3 Å².